The van der Waals surface area contributed by atoms with Gasteiger partial charge in [-0.1, -0.05) is 134 Å². The number of aromatic nitrogens is 2. The quantitative estimate of drug-likeness (QED) is 0.0420. The molecule has 6 atom stereocenters. The third-order valence-corrected chi connectivity index (χ3v) is 11.4. The number of pyridine rings is 2. The maximum atomic E-state index is 12.9. The number of methoxy groups -OCH3 is 2. The van der Waals surface area contributed by atoms with Crippen molar-refractivity contribution in [1.82, 2.24) is 9.97 Å². The Hall–Kier alpha value is -6.74. The molecule has 0 radical (unpaired) electrons. The summed E-state index contributed by atoms with van der Waals surface area (Å²) in [5, 5.41) is 21.4. The number of hydrogen-bond acceptors (Lipinski definition) is 14. The van der Waals surface area contributed by atoms with Gasteiger partial charge in [0.2, 0.25) is 0 Å². The van der Waals surface area contributed by atoms with Gasteiger partial charge in [0, 0.05) is 35.8 Å². The third kappa shape index (κ3) is 14.1. The molecule has 2 N–H and O–H groups in total. The molecular formula is C52H52Cl2N2O11S. The van der Waals surface area contributed by atoms with E-state index in [4.69, 9.17) is 63.8 Å². The smallest absolute Gasteiger partial charge is 0.309 e. The molecule has 6 rings (SSSR count). The van der Waals surface area contributed by atoms with E-state index in [0.717, 1.165) is 11.1 Å². The van der Waals surface area contributed by atoms with Gasteiger partial charge in [-0.3, -0.25) is 19.4 Å². The van der Waals surface area contributed by atoms with Gasteiger partial charge in [0.1, 0.15) is 29.4 Å². The number of rotatable bonds is 20. The van der Waals surface area contributed by atoms with Crippen LogP contribution in [0.15, 0.2) is 134 Å². The second-order valence-corrected chi connectivity index (χ2v) is 16.8. The van der Waals surface area contributed by atoms with Gasteiger partial charge in [0.25, 0.3) is 0 Å². The first-order valence-electron chi connectivity index (χ1n) is 21.5. The lowest BCUT2D eigenvalue weighted by Gasteiger charge is -2.27. The molecule has 0 aliphatic heterocycles. The van der Waals surface area contributed by atoms with Crippen LogP contribution < -0.4 is 18.9 Å². The van der Waals surface area contributed by atoms with Crippen molar-refractivity contribution in [2.75, 3.05) is 14.2 Å². The summed E-state index contributed by atoms with van der Waals surface area (Å²) in [5.74, 6) is -2.03. The normalized spacial score (nSPS) is 13.4. The van der Waals surface area contributed by atoms with E-state index in [-0.39, 0.29) is 47.2 Å². The van der Waals surface area contributed by atoms with Crippen LogP contribution in [0.5, 0.6) is 34.5 Å². The van der Waals surface area contributed by atoms with Gasteiger partial charge in [-0.05, 0) is 55.7 Å². The molecule has 356 valence electrons. The Bertz CT molecular complexity index is 2460. The molecule has 13 nitrogen and oxygen atoms in total. The van der Waals surface area contributed by atoms with Crippen molar-refractivity contribution < 1.29 is 53.0 Å². The summed E-state index contributed by atoms with van der Waals surface area (Å²) in [6.45, 7) is 6.78. The van der Waals surface area contributed by atoms with Crippen LogP contribution in [0, 0.1) is 11.8 Å². The van der Waals surface area contributed by atoms with E-state index in [1.807, 2.05) is 72.8 Å². The predicted molar refractivity (Wildman–Crippen MR) is 262 cm³/mol. The molecule has 4 aromatic carbocycles. The lowest BCUT2D eigenvalue weighted by atomic mass is 10.0. The number of thiocarbonyl (C=S) groups is 1. The van der Waals surface area contributed by atoms with Crippen molar-refractivity contribution in [3.8, 4) is 34.5 Å². The molecular weight excluding hydrogens is 932 g/mol. The fourth-order valence-electron chi connectivity index (χ4n) is 6.76. The molecule has 0 bridgehead atoms. The Morgan fingerprint density at radius 2 is 0.926 bits per heavy atom. The van der Waals surface area contributed by atoms with E-state index < -0.39 is 54.0 Å². The zero-order chi connectivity index (χ0) is 49.3. The van der Waals surface area contributed by atoms with Crippen LogP contribution in [0.2, 0.25) is 10.0 Å². The lowest BCUT2D eigenvalue weighted by Crippen LogP contribution is -2.30. The summed E-state index contributed by atoms with van der Waals surface area (Å²) in [5.41, 5.74) is 1.70. The van der Waals surface area contributed by atoms with E-state index in [1.165, 1.54) is 38.7 Å². The number of ketones is 1. The monoisotopic (exact) mass is 982 g/mol. The molecule has 0 saturated heterocycles. The average molecular weight is 984 g/mol. The second kappa shape index (κ2) is 25.4. The van der Waals surface area contributed by atoms with Gasteiger partial charge in [-0.15, -0.1) is 0 Å². The molecule has 6 aromatic rings. The minimum absolute atomic E-state index is 0.129. The summed E-state index contributed by atoms with van der Waals surface area (Å²) in [7, 11) is 2.82. The highest BCUT2D eigenvalue weighted by Gasteiger charge is 2.31. The highest BCUT2D eigenvalue weighted by atomic mass is 35.5. The van der Waals surface area contributed by atoms with E-state index in [1.54, 1.807) is 64.1 Å². The number of ether oxygens (including phenoxy) is 6. The van der Waals surface area contributed by atoms with E-state index in [0.29, 0.717) is 26.4 Å². The SMILES string of the molecule is COc1ccnc(C(=O)C[C@@H](C)C(=O)O[C@@H](C)[C@H](Oc2ccccc2Cl)c2ccccc2)c1O.COc1ccnc(C(=S)C[C@@H](C)C(=O)O[C@@H](C)[C@H](Oc2ccccc2Cl)c2ccccc2)c1O. The molecule has 0 aliphatic carbocycles. The number of Topliss-reactive ketones (excluding diaryl/α,β-unsaturated/α-hetero) is 1. The number of nitrogens with zero attached hydrogens (tertiary/aromatic N) is 2. The number of aromatic hydroxyl groups is 2. The second-order valence-electron chi connectivity index (χ2n) is 15.5. The summed E-state index contributed by atoms with van der Waals surface area (Å²) in [6, 6.07) is 36.0. The van der Waals surface area contributed by atoms with Gasteiger partial charge in [-0.2, -0.15) is 0 Å². The van der Waals surface area contributed by atoms with Crippen molar-refractivity contribution in [3.63, 3.8) is 0 Å². The van der Waals surface area contributed by atoms with Gasteiger partial charge in [-0.25, -0.2) is 4.98 Å². The first-order chi connectivity index (χ1) is 32.6. The fraction of sp³-hybridized carbons (Fsp3) is 0.269. The van der Waals surface area contributed by atoms with Crippen molar-refractivity contribution in [1.29, 1.82) is 0 Å². The molecule has 2 aromatic heterocycles. The largest absolute Gasteiger partial charge is 0.503 e. The minimum Gasteiger partial charge on any atom is -0.503 e. The maximum Gasteiger partial charge on any atom is 0.309 e. The number of esters is 2. The molecule has 16 heteroatoms. The number of carbonyl (C=O) groups is 3. The topological polar surface area (TPSA) is 173 Å². The molecule has 0 saturated carbocycles. The Morgan fingerprint density at radius 3 is 1.35 bits per heavy atom. The Kier molecular flexibility index (Phi) is 19.5. The maximum absolute atomic E-state index is 12.9. The molecule has 2 heterocycles. The van der Waals surface area contributed by atoms with Crippen molar-refractivity contribution in [2.45, 2.75) is 65.0 Å². The third-order valence-electron chi connectivity index (χ3n) is 10.4. The standard InChI is InChI=1S/C26H26ClNO6.C26H26ClNO5S/c1-16(15-20(29)23-24(30)22(32-3)13-14-28-23)26(31)33-17(2)25(18-9-5-4-6-10-18)34-21-12-8-7-11-19(21)27;1-16(15-22(34)23-24(29)21(31-3)13-14-28-23)26(30)32-17(2)25(18-9-5-4-6-10-18)33-20-12-8-7-11-19(20)27/h4-14,16-17,25,30H,15H2,1-3H3;4-14,16-17,25,29H,15H2,1-3H3/t2*16-,17+,25+/m11/s1. The van der Waals surface area contributed by atoms with Crippen molar-refractivity contribution in [2.24, 2.45) is 11.8 Å². The molecule has 0 amide bonds. The summed E-state index contributed by atoms with van der Waals surface area (Å²) in [6.07, 6.45) is 0.314. The van der Waals surface area contributed by atoms with Crippen molar-refractivity contribution >= 4 is 58.0 Å². The van der Waals surface area contributed by atoms with E-state index >= 15 is 0 Å². The van der Waals surface area contributed by atoms with E-state index in [9.17, 15) is 24.6 Å². The van der Waals surface area contributed by atoms with Crippen LogP contribution in [-0.2, 0) is 19.1 Å². The van der Waals surface area contributed by atoms with Crippen LogP contribution >= 0.6 is 35.4 Å². The summed E-state index contributed by atoms with van der Waals surface area (Å²) < 4.78 is 33.9. The zero-order valence-electron chi connectivity index (χ0n) is 38.2. The first kappa shape index (κ1) is 52.2. The molecule has 0 aliphatic rings. The Balaban J connectivity index is 0.000000254. The molecule has 68 heavy (non-hydrogen) atoms. The minimum atomic E-state index is -0.779. The molecule has 0 fully saturated rings. The van der Waals surface area contributed by atoms with Crippen LogP contribution in [0.25, 0.3) is 0 Å². The highest BCUT2D eigenvalue weighted by molar-refractivity contribution is 7.80. The van der Waals surface area contributed by atoms with Crippen LogP contribution in [0.1, 0.15) is 80.1 Å². The lowest BCUT2D eigenvalue weighted by molar-refractivity contribution is -0.158. The highest BCUT2D eigenvalue weighted by Crippen LogP contribution is 2.35. The molecule has 0 spiro atoms. The predicted octanol–water partition coefficient (Wildman–Crippen LogP) is 11.4. The van der Waals surface area contributed by atoms with Gasteiger partial charge in [0.15, 0.2) is 46.7 Å². The first-order valence-corrected chi connectivity index (χ1v) is 22.6. The summed E-state index contributed by atoms with van der Waals surface area (Å²) >= 11 is 18.0. The van der Waals surface area contributed by atoms with Crippen LogP contribution in [0.4, 0.5) is 0 Å². The number of benzene rings is 4. The van der Waals surface area contributed by atoms with Gasteiger partial charge < -0.3 is 38.6 Å². The zero-order valence-corrected chi connectivity index (χ0v) is 40.5. The number of hydrogen-bond donors (Lipinski definition) is 2. The Labute approximate surface area is 410 Å². The number of halogens is 2. The number of carbonyl (C=O) groups excluding carboxylic acids is 3. The Morgan fingerprint density at radius 1 is 0.544 bits per heavy atom. The van der Waals surface area contributed by atoms with Gasteiger partial charge >= 0.3 is 11.9 Å². The van der Waals surface area contributed by atoms with Crippen molar-refractivity contribution in [3.05, 3.63) is 166 Å². The van der Waals surface area contributed by atoms with E-state index in [2.05, 4.69) is 9.97 Å². The van der Waals surface area contributed by atoms with Gasteiger partial charge in [0.05, 0.1) is 36.1 Å². The molecule has 0 unspecified atom stereocenters. The van der Waals surface area contributed by atoms with Crippen LogP contribution in [-0.4, -0.2) is 69.2 Å². The van der Waals surface area contributed by atoms with Crippen LogP contribution in [0.3, 0.4) is 0 Å². The average Bonchev–Trinajstić information content (AvgIpc) is 3.34. The summed E-state index contributed by atoms with van der Waals surface area (Å²) in [4.78, 5) is 46.8. The fourth-order valence-corrected chi connectivity index (χ4v) is 7.52. The number of para-hydroxylation sites is 2.